The zero-order chi connectivity index (χ0) is 39.8. The molecule has 0 aliphatic heterocycles. The Morgan fingerprint density at radius 2 is 1.16 bits per heavy atom. The molecule has 0 fully saturated rings. The molecule has 8 rings (SSSR count). The third kappa shape index (κ3) is 7.25. The first-order valence-corrected chi connectivity index (χ1v) is 18.1. The van der Waals surface area contributed by atoms with Crippen molar-refractivity contribution in [2.45, 2.75) is 0 Å². The van der Waals surface area contributed by atoms with Crippen molar-refractivity contribution in [3.8, 4) is 0 Å². The van der Waals surface area contributed by atoms with Gasteiger partial charge < -0.3 is 31.2 Å². The molecule has 3 aromatic heterocycles. The average molecular weight is 830 g/mol. The molecule has 5 aromatic carbocycles. The Kier molecular flexibility index (Phi) is 10.5. The van der Waals surface area contributed by atoms with Crippen molar-refractivity contribution in [1.29, 1.82) is 0 Å². The lowest BCUT2D eigenvalue weighted by Crippen LogP contribution is -2.18. The molecule has 8 aromatic rings. The summed E-state index contributed by atoms with van der Waals surface area (Å²) < 4.78 is 3.42. The molecule has 0 spiro atoms. The molecule has 2 amide bonds. The van der Waals surface area contributed by atoms with E-state index in [1.165, 1.54) is 0 Å². The van der Waals surface area contributed by atoms with E-state index in [1.807, 2.05) is 6.07 Å². The minimum atomic E-state index is -0.613. The maximum absolute atomic E-state index is 13.0. The number of nitrogens with one attached hydrogen (secondary N) is 4. The maximum Gasteiger partial charge on any atom is 0.262 e. The van der Waals surface area contributed by atoms with E-state index in [4.69, 9.17) is 57.9 Å². The zero-order valence-electron chi connectivity index (χ0n) is 29.3. The second kappa shape index (κ2) is 15.4. The van der Waals surface area contributed by atoms with Gasteiger partial charge in [0.05, 0.1) is 70.0 Å². The van der Waals surface area contributed by atoms with Crippen molar-refractivity contribution in [3.05, 3.63) is 133 Å². The highest BCUT2D eigenvalue weighted by atomic mass is 35.5. The smallest absolute Gasteiger partial charge is 0.262 e. The highest BCUT2D eigenvalue weighted by Gasteiger charge is 2.20. The number of amides is 2. The molecule has 14 nitrogen and oxygen atoms in total. The number of nitrogen functional groups attached to an aromatic ring is 1. The number of primary amides is 1. The Morgan fingerprint density at radius 1 is 0.661 bits per heavy atom. The highest BCUT2D eigenvalue weighted by Crippen LogP contribution is 2.35. The Balaban J connectivity index is 0.000000183. The van der Waals surface area contributed by atoms with Gasteiger partial charge in [-0.05, 0) is 60.7 Å². The number of carbonyl (C=O) groups is 2. The molecule has 56 heavy (non-hydrogen) atoms. The van der Waals surface area contributed by atoms with E-state index >= 15 is 0 Å². The summed E-state index contributed by atoms with van der Waals surface area (Å²) in [4.78, 5) is 53.2. The summed E-state index contributed by atoms with van der Waals surface area (Å²) >= 11 is 24.9. The van der Waals surface area contributed by atoms with E-state index < -0.39 is 11.5 Å². The number of para-hydroxylation sites is 2. The van der Waals surface area contributed by atoms with Gasteiger partial charge in [0.15, 0.2) is 0 Å². The van der Waals surface area contributed by atoms with E-state index in [0.29, 0.717) is 87.6 Å². The molecular weight excluding hydrogens is 800 g/mol. The number of fused-ring (bicyclic) bond motifs is 4. The monoisotopic (exact) mass is 827 g/mol. The molecule has 3 heterocycles. The average Bonchev–Trinajstić information content (AvgIpc) is 3.66. The lowest BCUT2D eigenvalue weighted by atomic mass is 10.1. The van der Waals surface area contributed by atoms with Crippen molar-refractivity contribution >= 4 is 126 Å². The Bertz CT molecular complexity index is 2870. The van der Waals surface area contributed by atoms with Crippen LogP contribution in [-0.2, 0) is 14.1 Å². The topological polar surface area (TPSA) is 204 Å². The molecule has 0 radical (unpaired) electrons. The fourth-order valence-corrected chi connectivity index (χ4v) is 7.00. The van der Waals surface area contributed by atoms with Crippen molar-refractivity contribution < 1.29 is 9.59 Å². The number of H-pyrrole nitrogens is 1. The molecular formula is C38H29Cl4N11O3. The first-order valence-electron chi connectivity index (χ1n) is 16.5. The summed E-state index contributed by atoms with van der Waals surface area (Å²) in [6.45, 7) is 0. The van der Waals surface area contributed by atoms with Gasteiger partial charge in [0.2, 0.25) is 17.8 Å². The Hall–Kier alpha value is -6.32. The number of hydrogen-bond donors (Lipinski definition) is 6. The second-order valence-electron chi connectivity index (χ2n) is 12.3. The quantitative estimate of drug-likeness (QED) is 0.0853. The van der Waals surface area contributed by atoms with Gasteiger partial charge >= 0.3 is 0 Å². The number of anilines is 6. The largest absolute Gasteiger partial charge is 0.398 e. The molecule has 8 N–H and O–H groups in total. The van der Waals surface area contributed by atoms with Crippen LogP contribution in [0.5, 0.6) is 0 Å². The molecule has 0 aliphatic carbocycles. The number of rotatable bonds is 7. The molecule has 18 heteroatoms. The van der Waals surface area contributed by atoms with Gasteiger partial charge in [0.1, 0.15) is 0 Å². The maximum atomic E-state index is 13.0. The number of halogens is 4. The fraction of sp³-hybridized carbons (Fsp3) is 0.0526. The third-order valence-corrected chi connectivity index (χ3v) is 9.95. The van der Waals surface area contributed by atoms with Crippen LogP contribution in [0.4, 0.5) is 34.9 Å². The van der Waals surface area contributed by atoms with Crippen LogP contribution in [0, 0.1) is 0 Å². The van der Waals surface area contributed by atoms with E-state index in [1.54, 1.807) is 108 Å². The van der Waals surface area contributed by atoms with Crippen molar-refractivity contribution in [2.24, 2.45) is 19.8 Å². The number of imidazole rings is 2. The molecule has 0 saturated carbocycles. The summed E-state index contributed by atoms with van der Waals surface area (Å²) in [5.41, 5.74) is 15.6. The van der Waals surface area contributed by atoms with Gasteiger partial charge in [-0.3, -0.25) is 24.7 Å². The number of benzene rings is 5. The summed E-state index contributed by atoms with van der Waals surface area (Å²) in [6, 6.07) is 25.8. The number of aryl methyl sites for hydroxylation is 2. The summed E-state index contributed by atoms with van der Waals surface area (Å²) in [6.07, 6.45) is 0. The third-order valence-electron chi connectivity index (χ3n) is 8.69. The number of carbonyl (C=O) groups excluding carboxylic acids is 2. The standard InChI is InChI=1S/C23H16Cl2N6O2.C15H13Cl2N5O/c1-31-19-16(27-23(31)28-18-13(24)8-5-9-14(18)25)11-10-15-17(19)21(33)30-22(26-15)29-20(32)12-6-3-2-4-7-12;1-22-13-10(6-5-9(18)11(13)14(19)23)20-15(22)21-12-7(16)3-2-4-8(12)17/h2-11H,1H3,(H,27,28)(H2,26,29,30,32,33);2-6H,18H2,1H3,(H2,19,23)(H,20,21). The van der Waals surface area contributed by atoms with Gasteiger partial charge in [-0.2, -0.15) is 0 Å². The molecule has 0 saturated heterocycles. The van der Waals surface area contributed by atoms with E-state index in [0.717, 1.165) is 0 Å². The van der Waals surface area contributed by atoms with E-state index in [2.05, 4.69) is 35.9 Å². The fourth-order valence-electron chi connectivity index (χ4n) is 6.02. The number of hydrogen-bond acceptors (Lipinski definition) is 9. The number of aromatic nitrogens is 6. The number of nitrogens with zero attached hydrogens (tertiary/aromatic N) is 5. The summed E-state index contributed by atoms with van der Waals surface area (Å²) in [5, 5.41) is 11.0. The molecule has 0 atom stereocenters. The second-order valence-corrected chi connectivity index (χ2v) is 13.9. The van der Waals surface area contributed by atoms with Crippen molar-refractivity contribution in [1.82, 2.24) is 29.1 Å². The van der Waals surface area contributed by atoms with E-state index in [-0.39, 0.29) is 17.4 Å². The van der Waals surface area contributed by atoms with Crippen LogP contribution in [0.15, 0.2) is 95.8 Å². The number of nitrogens with two attached hydrogens (primary N) is 2. The van der Waals surface area contributed by atoms with Crippen molar-refractivity contribution in [2.75, 3.05) is 21.7 Å². The van der Waals surface area contributed by atoms with Crippen molar-refractivity contribution in [3.63, 3.8) is 0 Å². The van der Waals surface area contributed by atoms with E-state index in [9.17, 15) is 14.4 Å². The van der Waals surface area contributed by atoms with Crippen LogP contribution in [0.25, 0.3) is 33.0 Å². The lowest BCUT2D eigenvalue weighted by molar-refractivity contribution is 0.0999. The summed E-state index contributed by atoms with van der Waals surface area (Å²) in [7, 11) is 3.51. The Labute approximate surface area is 337 Å². The lowest BCUT2D eigenvalue weighted by Gasteiger charge is -2.10. The first-order chi connectivity index (χ1) is 26.8. The van der Waals surface area contributed by atoms with Crippen LogP contribution in [0.1, 0.15) is 20.7 Å². The zero-order valence-corrected chi connectivity index (χ0v) is 32.3. The molecule has 282 valence electrons. The SMILES string of the molecule is Cn1c(Nc2c(Cl)cccc2Cl)nc2ccc(N)c(C(N)=O)c21.Cn1c(Nc2c(Cl)cccc2Cl)nc2ccc3nc(NC(=O)c4ccccc4)[nH]c(=O)c3c21. The molecule has 0 aliphatic rings. The van der Waals surface area contributed by atoms with Crippen LogP contribution in [0.3, 0.4) is 0 Å². The normalized spacial score (nSPS) is 11.0. The van der Waals surface area contributed by atoms with Crippen LogP contribution < -0.4 is 33.0 Å². The van der Waals surface area contributed by atoms with Crippen LogP contribution in [0.2, 0.25) is 20.1 Å². The first kappa shape index (κ1) is 38.0. The van der Waals surface area contributed by atoms with Gasteiger partial charge in [0.25, 0.3) is 17.4 Å². The predicted molar refractivity (Wildman–Crippen MR) is 224 cm³/mol. The summed E-state index contributed by atoms with van der Waals surface area (Å²) in [5.74, 6) is -0.0123. The Morgan fingerprint density at radius 3 is 1.71 bits per heavy atom. The predicted octanol–water partition coefficient (Wildman–Crippen LogP) is 8.42. The van der Waals surface area contributed by atoms with Gasteiger partial charge in [-0.25, -0.2) is 15.0 Å². The minimum absolute atomic E-state index is 0.0593. The highest BCUT2D eigenvalue weighted by molar-refractivity contribution is 6.40. The van der Waals surface area contributed by atoms with Crippen LogP contribution >= 0.6 is 46.4 Å². The molecule has 0 bridgehead atoms. The minimum Gasteiger partial charge on any atom is -0.398 e. The molecule has 0 unspecified atom stereocenters. The van der Waals surface area contributed by atoms with Gasteiger partial charge in [0, 0.05) is 25.3 Å². The van der Waals surface area contributed by atoms with Gasteiger partial charge in [-0.1, -0.05) is 76.7 Å². The number of aromatic amines is 1. The van der Waals surface area contributed by atoms with Crippen LogP contribution in [-0.4, -0.2) is 40.9 Å². The van der Waals surface area contributed by atoms with Gasteiger partial charge in [-0.15, -0.1) is 0 Å².